The maximum Gasteiger partial charge on any atom is 0.0710 e. The van der Waals surface area contributed by atoms with Crippen molar-refractivity contribution in [2.75, 3.05) is 45.8 Å². The van der Waals surface area contributed by atoms with E-state index in [2.05, 4.69) is 9.80 Å². The zero-order valence-corrected chi connectivity index (χ0v) is 12.1. The number of nitrogens with zero attached hydrogens (tertiary/aromatic N) is 2. The molecule has 110 valence electrons. The Bertz CT molecular complexity index is 283. The van der Waals surface area contributed by atoms with Gasteiger partial charge in [-0.3, -0.25) is 9.80 Å². The molecule has 4 nitrogen and oxygen atoms in total. The minimum absolute atomic E-state index is 0.298. The molecule has 0 aromatic rings. The highest BCUT2D eigenvalue weighted by Gasteiger charge is 2.42. The third kappa shape index (κ3) is 3.30. The molecule has 0 aromatic carbocycles. The lowest BCUT2D eigenvalue weighted by atomic mass is 9.98. The molecule has 1 spiro atoms. The van der Waals surface area contributed by atoms with Gasteiger partial charge in [0.25, 0.3) is 0 Å². The summed E-state index contributed by atoms with van der Waals surface area (Å²) in [6.07, 6.45) is 8.48. The van der Waals surface area contributed by atoms with Gasteiger partial charge in [-0.05, 0) is 25.7 Å². The van der Waals surface area contributed by atoms with Gasteiger partial charge >= 0.3 is 0 Å². The Hall–Kier alpha value is -0.160. The number of piperazine rings is 1. The van der Waals surface area contributed by atoms with Crippen molar-refractivity contribution in [3.8, 4) is 0 Å². The first-order chi connectivity index (χ1) is 9.30. The van der Waals surface area contributed by atoms with Crippen LogP contribution in [0.3, 0.4) is 0 Å². The Balaban J connectivity index is 1.41. The molecular weight excluding hydrogens is 238 g/mol. The second-order valence-corrected chi connectivity index (χ2v) is 6.60. The van der Waals surface area contributed by atoms with Crippen molar-refractivity contribution in [1.29, 1.82) is 0 Å². The highest BCUT2D eigenvalue weighted by Crippen LogP contribution is 2.43. The summed E-state index contributed by atoms with van der Waals surface area (Å²) in [5.41, 5.74) is 5.91. The molecule has 2 N–H and O–H groups in total. The van der Waals surface area contributed by atoms with E-state index in [1.54, 1.807) is 0 Å². The van der Waals surface area contributed by atoms with Crippen LogP contribution in [-0.2, 0) is 4.74 Å². The molecule has 1 unspecified atom stereocenters. The molecule has 0 radical (unpaired) electrons. The van der Waals surface area contributed by atoms with Gasteiger partial charge in [0.2, 0.25) is 0 Å². The largest absolute Gasteiger partial charge is 0.370 e. The molecule has 1 atom stereocenters. The van der Waals surface area contributed by atoms with Crippen molar-refractivity contribution in [3.05, 3.63) is 0 Å². The van der Waals surface area contributed by atoms with Gasteiger partial charge in [-0.15, -0.1) is 0 Å². The van der Waals surface area contributed by atoms with Gasteiger partial charge in [0, 0.05) is 45.8 Å². The van der Waals surface area contributed by atoms with E-state index in [4.69, 9.17) is 10.5 Å². The minimum atomic E-state index is 0.298. The first kappa shape index (κ1) is 13.8. The highest BCUT2D eigenvalue weighted by molar-refractivity contribution is 4.93. The number of rotatable bonds is 4. The molecule has 2 saturated heterocycles. The summed E-state index contributed by atoms with van der Waals surface area (Å²) in [5.74, 6) is 0. The van der Waals surface area contributed by atoms with E-state index in [9.17, 15) is 0 Å². The van der Waals surface area contributed by atoms with Gasteiger partial charge in [-0.1, -0.05) is 12.8 Å². The normalized spacial score (nSPS) is 32.4. The summed E-state index contributed by atoms with van der Waals surface area (Å²) in [4.78, 5) is 5.07. The quantitative estimate of drug-likeness (QED) is 0.827. The van der Waals surface area contributed by atoms with Gasteiger partial charge in [-0.2, -0.15) is 0 Å². The maximum absolute atomic E-state index is 6.41. The van der Waals surface area contributed by atoms with E-state index in [1.165, 1.54) is 64.7 Å². The van der Waals surface area contributed by atoms with Gasteiger partial charge < -0.3 is 10.5 Å². The summed E-state index contributed by atoms with van der Waals surface area (Å²) in [5, 5.41) is 0. The summed E-state index contributed by atoms with van der Waals surface area (Å²) in [6, 6.07) is 0. The van der Waals surface area contributed by atoms with E-state index in [0.29, 0.717) is 11.7 Å². The zero-order valence-electron chi connectivity index (χ0n) is 12.1. The maximum atomic E-state index is 6.41. The van der Waals surface area contributed by atoms with Crippen molar-refractivity contribution < 1.29 is 4.74 Å². The topological polar surface area (TPSA) is 41.7 Å². The fourth-order valence-electron chi connectivity index (χ4n) is 4.08. The molecule has 0 bridgehead atoms. The average Bonchev–Trinajstić information content (AvgIpc) is 3.03. The summed E-state index contributed by atoms with van der Waals surface area (Å²) in [6.45, 7) is 7.72. The Morgan fingerprint density at radius 2 is 1.68 bits per heavy atom. The van der Waals surface area contributed by atoms with Crippen molar-refractivity contribution in [2.45, 2.75) is 50.2 Å². The second-order valence-electron chi connectivity index (χ2n) is 6.60. The van der Waals surface area contributed by atoms with Gasteiger partial charge in [-0.25, -0.2) is 0 Å². The number of ether oxygens (including phenoxy) is 1. The lowest BCUT2D eigenvalue weighted by Gasteiger charge is -2.36. The van der Waals surface area contributed by atoms with E-state index < -0.39 is 0 Å². The Labute approximate surface area is 117 Å². The first-order valence-electron chi connectivity index (χ1n) is 8.12. The molecule has 2 aliphatic heterocycles. The van der Waals surface area contributed by atoms with Crippen molar-refractivity contribution in [2.24, 2.45) is 5.73 Å². The summed E-state index contributed by atoms with van der Waals surface area (Å²) in [7, 11) is 0. The van der Waals surface area contributed by atoms with Crippen LogP contribution in [0.5, 0.6) is 0 Å². The molecule has 3 fully saturated rings. The molecule has 1 aliphatic carbocycles. The predicted octanol–water partition coefficient (Wildman–Crippen LogP) is 1.05. The fraction of sp³-hybridized carbons (Fsp3) is 1.00. The zero-order chi connectivity index (χ0) is 13.1. The Morgan fingerprint density at radius 3 is 2.37 bits per heavy atom. The van der Waals surface area contributed by atoms with Crippen molar-refractivity contribution >= 4 is 0 Å². The standard InChI is InChI=1S/C15H29N3O/c16-7-8-17-9-11-18(12-10-17)13-14-3-6-15(19-14)4-1-2-5-15/h14H,1-13,16H2. The summed E-state index contributed by atoms with van der Waals surface area (Å²) >= 11 is 0. The predicted molar refractivity (Wildman–Crippen MR) is 77.2 cm³/mol. The van der Waals surface area contributed by atoms with Crippen LogP contribution in [0.2, 0.25) is 0 Å². The third-order valence-electron chi connectivity index (χ3n) is 5.23. The smallest absolute Gasteiger partial charge is 0.0710 e. The van der Waals surface area contributed by atoms with E-state index in [0.717, 1.165) is 19.6 Å². The van der Waals surface area contributed by atoms with Crippen LogP contribution in [0.4, 0.5) is 0 Å². The van der Waals surface area contributed by atoms with Crippen LogP contribution in [0.1, 0.15) is 38.5 Å². The van der Waals surface area contributed by atoms with Crippen LogP contribution in [0, 0.1) is 0 Å². The van der Waals surface area contributed by atoms with Crippen LogP contribution < -0.4 is 5.73 Å². The Kier molecular flexibility index (Phi) is 4.42. The molecular formula is C15H29N3O. The van der Waals surface area contributed by atoms with E-state index in [1.807, 2.05) is 0 Å². The molecule has 4 heteroatoms. The fourth-order valence-corrected chi connectivity index (χ4v) is 4.08. The molecule has 2 heterocycles. The number of nitrogens with two attached hydrogens (primary N) is 1. The molecule has 1 saturated carbocycles. The van der Waals surface area contributed by atoms with Crippen molar-refractivity contribution in [1.82, 2.24) is 9.80 Å². The molecule has 3 rings (SSSR count). The third-order valence-corrected chi connectivity index (χ3v) is 5.23. The molecule has 3 aliphatic rings. The number of hydrogen-bond acceptors (Lipinski definition) is 4. The first-order valence-corrected chi connectivity index (χ1v) is 8.12. The SMILES string of the molecule is NCCN1CCN(CC2CCC3(CCCC3)O2)CC1. The van der Waals surface area contributed by atoms with Crippen LogP contribution in [0.15, 0.2) is 0 Å². The molecule has 19 heavy (non-hydrogen) atoms. The van der Waals surface area contributed by atoms with Crippen molar-refractivity contribution in [3.63, 3.8) is 0 Å². The lowest BCUT2D eigenvalue weighted by molar-refractivity contribution is -0.0508. The number of hydrogen-bond donors (Lipinski definition) is 1. The second kappa shape index (κ2) is 6.08. The Morgan fingerprint density at radius 1 is 1.00 bits per heavy atom. The molecule has 0 amide bonds. The van der Waals surface area contributed by atoms with Gasteiger partial charge in [0.15, 0.2) is 0 Å². The van der Waals surface area contributed by atoms with Crippen LogP contribution in [-0.4, -0.2) is 67.3 Å². The van der Waals surface area contributed by atoms with Gasteiger partial charge in [0.05, 0.1) is 11.7 Å². The van der Waals surface area contributed by atoms with Gasteiger partial charge in [0.1, 0.15) is 0 Å². The minimum Gasteiger partial charge on any atom is -0.370 e. The van der Waals surface area contributed by atoms with Crippen LogP contribution >= 0.6 is 0 Å². The van der Waals surface area contributed by atoms with Crippen LogP contribution in [0.25, 0.3) is 0 Å². The molecule has 0 aromatic heterocycles. The highest BCUT2D eigenvalue weighted by atomic mass is 16.5. The summed E-state index contributed by atoms with van der Waals surface area (Å²) < 4.78 is 6.41. The van der Waals surface area contributed by atoms with E-state index in [-0.39, 0.29) is 0 Å². The lowest BCUT2D eigenvalue weighted by Crippen LogP contribution is -2.49. The average molecular weight is 267 g/mol. The monoisotopic (exact) mass is 267 g/mol. The van der Waals surface area contributed by atoms with E-state index >= 15 is 0 Å².